The van der Waals surface area contributed by atoms with Gasteiger partial charge in [0, 0.05) is 11.3 Å². The van der Waals surface area contributed by atoms with Crippen LogP contribution < -0.4 is 10.1 Å². The van der Waals surface area contributed by atoms with Crippen LogP contribution >= 0.6 is 0 Å². The number of Topliss-reactive ketones (excluding diaryl/α,β-unsaturated/α-hetero) is 1. The standard InChI is InChI=1S/C19H21NO3/c1-3-5-15-8-10-17(11-9-15)20-19(22)13-23-18-7-4-6-16(12-18)14(2)21/h4,6-12H,3,5,13H2,1-2H3,(H,20,22). The second kappa shape index (κ2) is 8.13. The smallest absolute Gasteiger partial charge is 0.262 e. The second-order valence-electron chi connectivity index (χ2n) is 5.37. The summed E-state index contributed by atoms with van der Waals surface area (Å²) in [5.74, 6) is 0.236. The molecule has 0 heterocycles. The van der Waals surface area contributed by atoms with Crippen LogP contribution in [0.15, 0.2) is 48.5 Å². The number of ether oxygens (including phenoxy) is 1. The van der Waals surface area contributed by atoms with Crippen LogP contribution in [0.2, 0.25) is 0 Å². The minimum absolute atomic E-state index is 0.0351. The topological polar surface area (TPSA) is 55.4 Å². The Morgan fingerprint density at radius 2 is 1.83 bits per heavy atom. The number of ketones is 1. The van der Waals surface area contributed by atoms with E-state index in [0.717, 1.165) is 18.5 Å². The Hall–Kier alpha value is -2.62. The highest BCUT2D eigenvalue weighted by Crippen LogP contribution is 2.14. The minimum atomic E-state index is -0.235. The van der Waals surface area contributed by atoms with E-state index in [1.54, 1.807) is 24.3 Å². The number of benzene rings is 2. The maximum atomic E-state index is 11.9. The number of hydrogen-bond donors (Lipinski definition) is 1. The van der Waals surface area contributed by atoms with Crippen molar-refractivity contribution in [2.75, 3.05) is 11.9 Å². The van der Waals surface area contributed by atoms with Gasteiger partial charge in [0.05, 0.1) is 0 Å². The van der Waals surface area contributed by atoms with Gasteiger partial charge in [-0.3, -0.25) is 9.59 Å². The summed E-state index contributed by atoms with van der Waals surface area (Å²) >= 11 is 0. The number of hydrogen-bond acceptors (Lipinski definition) is 3. The van der Waals surface area contributed by atoms with Crippen molar-refractivity contribution in [2.45, 2.75) is 26.7 Å². The number of amides is 1. The summed E-state index contributed by atoms with van der Waals surface area (Å²) in [7, 11) is 0. The molecular weight excluding hydrogens is 290 g/mol. The lowest BCUT2D eigenvalue weighted by molar-refractivity contribution is -0.118. The first kappa shape index (κ1) is 16.7. The van der Waals surface area contributed by atoms with Crippen LogP contribution in [-0.2, 0) is 11.2 Å². The fourth-order valence-electron chi connectivity index (χ4n) is 2.19. The Morgan fingerprint density at radius 3 is 2.48 bits per heavy atom. The average Bonchev–Trinajstić information content (AvgIpc) is 2.55. The van der Waals surface area contributed by atoms with Crippen LogP contribution in [0, 0.1) is 0 Å². The summed E-state index contributed by atoms with van der Waals surface area (Å²) in [5, 5.41) is 2.79. The predicted octanol–water partition coefficient (Wildman–Crippen LogP) is 3.86. The zero-order valence-electron chi connectivity index (χ0n) is 13.5. The third-order valence-corrected chi connectivity index (χ3v) is 3.39. The van der Waals surface area contributed by atoms with Crippen molar-refractivity contribution in [3.63, 3.8) is 0 Å². The number of rotatable bonds is 7. The number of carbonyl (C=O) groups is 2. The van der Waals surface area contributed by atoms with Crippen molar-refractivity contribution < 1.29 is 14.3 Å². The zero-order chi connectivity index (χ0) is 16.7. The van der Waals surface area contributed by atoms with Crippen LogP contribution in [0.1, 0.15) is 36.2 Å². The van der Waals surface area contributed by atoms with E-state index in [4.69, 9.17) is 4.74 Å². The molecule has 0 saturated carbocycles. The molecule has 0 bridgehead atoms. The van der Waals surface area contributed by atoms with Crippen LogP contribution in [0.25, 0.3) is 0 Å². The van der Waals surface area contributed by atoms with Gasteiger partial charge in [0.15, 0.2) is 12.4 Å². The van der Waals surface area contributed by atoms with Crippen LogP contribution in [0.3, 0.4) is 0 Å². The molecule has 2 aromatic rings. The van der Waals surface area contributed by atoms with Gasteiger partial charge in [-0.25, -0.2) is 0 Å². The molecular formula is C19H21NO3. The molecule has 2 rings (SSSR count). The quantitative estimate of drug-likeness (QED) is 0.790. The maximum Gasteiger partial charge on any atom is 0.262 e. The Balaban J connectivity index is 1.87. The lowest BCUT2D eigenvalue weighted by atomic mass is 10.1. The number of carbonyl (C=O) groups excluding carboxylic acids is 2. The monoisotopic (exact) mass is 311 g/mol. The van der Waals surface area contributed by atoms with Gasteiger partial charge in [-0.15, -0.1) is 0 Å². The first-order valence-corrected chi connectivity index (χ1v) is 7.71. The van der Waals surface area contributed by atoms with Crippen molar-refractivity contribution in [3.05, 3.63) is 59.7 Å². The van der Waals surface area contributed by atoms with E-state index in [-0.39, 0.29) is 18.3 Å². The van der Waals surface area contributed by atoms with Crippen LogP contribution in [-0.4, -0.2) is 18.3 Å². The van der Waals surface area contributed by atoms with Gasteiger partial charge in [-0.2, -0.15) is 0 Å². The molecule has 0 atom stereocenters. The number of aryl methyl sites for hydroxylation is 1. The molecule has 0 radical (unpaired) electrons. The van der Waals surface area contributed by atoms with Crippen molar-refractivity contribution in [2.24, 2.45) is 0 Å². The molecule has 2 aromatic carbocycles. The molecule has 0 aliphatic heterocycles. The highest BCUT2D eigenvalue weighted by atomic mass is 16.5. The number of anilines is 1. The Morgan fingerprint density at radius 1 is 1.09 bits per heavy atom. The molecule has 0 aromatic heterocycles. The van der Waals surface area contributed by atoms with Crippen molar-refractivity contribution >= 4 is 17.4 Å². The lowest BCUT2D eigenvalue weighted by Crippen LogP contribution is -2.20. The summed E-state index contributed by atoms with van der Waals surface area (Å²) in [5.41, 5.74) is 2.56. The van der Waals surface area contributed by atoms with Gasteiger partial charge >= 0.3 is 0 Å². The molecule has 23 heavy (non-hydrogen) atoms. The SMILES string of the molecule is CCCc1ccc(NC(=O)COc2cccc(C(C)=O)c2)cc1. The maximum absolute atomic E-state index is 11.9. The summed E-state index contributed by atoms with van der Waals surface area (Å²) < 4.78 is 5.43. The van der Waals surface area contributed by atoms with Crippen molar-refractivity contribution in [3.8, 4) is 5.75 Å². The minimum Gasteiger partial charge on any atom is -0.484 e. The van der Waals surface area contributed by atoms with E-state index < -0.39 is 0 Å². The van der Waals surface area contributed by atoms with E-state index >= 15 is 0 Å². The Labute approximate surface area is 136 Å². The van der Waals surface area contributed by atoms with E-state index in [0.29, 0.717) is 11.3 Å². The van der Waals surface area contributed by atoms with Gasteiger partial charge in [0.25, 0.3) is 5.91 Å². The molecule has 0 saturated heterocycles. The van der Waals surface area contributed by atoms with E-state index in [1.165, 1.54) is 12.5 Å². The molecule has 0 aliphatic rings. The molecule has 4 heteroatoms. The largest absolute Gasteiger partial charge is 0.484 e. The van der Waals surface area contributed by atoms with Crippen molar-refractivity contribution in [1.29, 1.82) is 0 Å². The lowest BCUT2D eigenvalue weighted by Gasteiger charge is -2.09. The molecule has 0 spiro atoms. The van der Waals surface area contributed by atoms with Gasteiger partial charge < -0.3 is 10.1 Å². The van der Waals surface area contributed by atoms with E-state index in [2.05, 4.69) is 12.2 Å². The average molecular weight is 311 g/mol. The number of nitrogens with one attached hydrogen (secondary N) is 1. The second-order valence-corrected chi connectivity index (χ2v) is 5.37. The molecule has 1 N–H and O–H groups in total. The van der Waals surface area contributed by atoms with Gasteiger partial charge in [0.1, 0.15) is 5.75 Å². The Bertz CT molecular complexity index is 677. The molecule has 4 nitrogen and oxygen atoms in total. The van der Waals surface area contributed by atoms with E-state index in [1.807, 2.05) is 24.3 Å². The fraction of sp³-hybridized carbons (Fsp3) is 0.263. The zero-order valence-corrected chi connectivity index (χ0v) is 13.5. The van der Waals surface area contributed by atoms with Gasteiger partial charge in [0.2, 0.25) is 0 Å². The molecule has 0 unspecified atom stereocenters. The summed E-state index contributed by atoms with van der Waals surface area (Å²) in [6.07, 6.45) is 2.13. The van der Waals surface area contributed by atoms with Crippen LogP contribution in [0.4, 0.5) is 5.69 Å². The first-order chi connectivity index (χ1) is 11.1. The summed E-state index contributed by atoms with van der Waals surface area (Å²) in [6, 6.07) is 14.6. The van der Waals surface area contributed by atoms with Gasteiger partial charge in [-0.05, 0) is 43.2 Å². The summed E-state index contributed by atoms with van der Waals surface area (Å²) in [6.45, 7) is 3.53. The normalized spacial score (nSPS) is 10.2. The fourth-order valence-corrected chi connectivity index (χ4v) is 2.19. The first-order valence-electron chi connectivity index (χ1n) is 7.71. The van der Waals surface area contributed by atoms with Crippen molar-refractivity contribution in [1.82, 2.24) is 0 Å². The summed E-state index contributed by atoms with van der Waals surface area (Å²) in [4.78, 5) is 23.2. The van der Waals surface area contributed by atoms with E-state index in [9.17, 15) is 9.59 Å². The molecule has 0 aliphatic carbocycles. The van der Waals surface area contributed by atoms with Gasteiger partial charge in [-0.1, -0.05) is 37.6 Å². The third-order valence-electron chi connectivity index (χ3n) is 3.39. The highest BCUT2D eigenvalue weighted by molar-refractivity contribution is 5.94. The molecule has 120 valence electrons. The predicted molar refractivity (Wildman–Crippen MR) is 91.0 cm³/mol. The third kappa shape index (κ3) is 5.25. The Kier molecular flexibility index (Phi) is 5.92. The molecule has 1 amide bonds. The highest BCUT2D eigenvalue weighted by Gasteiger charge is 2.06. The molecule has 0 fully saturated rings. The van der Waals surface area contributed by atoms with Crippen LogP contribution in [0.5, 0.6) is 5.75 Å².